The number of hydrogen-bond donors (Lipinski definition) is 2. The molecule has 5 nitrogen and oxygen atoms in total. The van der Waals surface area contributed by atoms with Gasteiger partial charge in [0, 0.05) is 18.8 Å². The summed E-state index contributed by atoms with van der Waals surface area (Å²) in [4.78, 5) is 15.0. The van der Waals surface area contributed by atoms with Gasteiger partial charge in [-0.25, -0.2) is 9.78 Å². The first-order chi connectivity index (χ1) is 6.79. The number of carbonyl (C=O) groups is 1. The Bertz CT molecular complexity index is 464. The third-order valence-corrected chi connectivity index (χ3v) is 1.82. The van der Waals surface area contributed by atoms with Crippen LogP contribution in [0.5, 0.6) is 0 Å². The summed E-state index contributed by atoms with van der Waals surface area (Å²) < 4.78 is 5.09. The average molecular weight is 191 g/mol. The molecule has 72 valence electrons. The Kier molecular flexibility index (Phi) is 2.06. The summed E-state index contributed by atoms with van der Waals surface area (Å²) in [6.45, 7) is 0. The Labute approximate surface area is 80.1 Å². The molecule has 0 aliphatic heterocycles. The number of hydrogen-bond acceptors (Lipinski definition) is 3. The number of benzene rings is 1. The number of oxazole rings is 1. The molecule has 2 aromatic rings. The van der Waals surface area contributed by atoms with Crippen molar-refractivity contribution in [1.29, 1.82) is 0 Å². The van der Waals surface area contributed by atoms with Gasteiger partial charge in [0.25, 0.3) is 0 Å². The van der Waals surface area contributed by atoms with E-state index in [1.54, 1.807) is 25.2 Å². The SMILES string of the molecule is CNC(=O)Nc1ccc2ncoc2c1. The highest BCUT2D eigenvalue weighted by atomic mass is 16.3. The highest BCUT2D eigenvalue weighted by molar-refractivity contribution is 5.91. The highest BCUT2D eigenvalue weighted by Gasteiger charge is 2.02. The standard InChI is InChI=1S/C9H9N3O2/c1-10-9(13)12-6-2-3-7-8(4-6)14-5-11-7/h2-5H,1H3,(H2,10,12,13). The topological polar surface area (TPSA) is 67.2 Å². The van der Waals surface area contributed by atoms with Gasteiger partial charge in [-0.15, -0.1) is 0 Å². The van der Waals surface area contributed by atoms with Crippen LogP contribution < -0.4 is 10.6 Å². The van der Waals surface area contributed by atoms with Crippen molar-refractivity contribution < 1.29 is 9.21 Å². The molecule has 0 atom stereocenters. The van der Waals surface area contributed by atoms with Gasteiger partial charge in [-0.1, -0.05) is 0 Å². The summed E-state index contributed by atoms with van der Waals surface area (Å²) in [5.74, 6) is 0. The minimum Gasteiger partial charge on any atom is -0.443 e. The Morgan fingerprint density at radius 1 is 1.50 bits per heavy atom. The van der Waals surface area contributed by atoms with Gasteiger partial charge in [-0.2, -0.15) is 0 Å². The number of urea groups is 1. The minimum atomic E-state index is -0.260. The van der Waals surface area contributed by atoms with Crippen LogP contribution in [0.3, 0.4) is 0 Å². The molecule has 2 amide bonds. The zero-order valence-electron chi connectivity index (χ0n) is 7.57. The van der Waals surface area contributed by atoms with Gasteiger partial charge in [0.1, 0.15) is 5.52 Å². The quantitative estimate of drug-likeness (QED) is 0.719. The van der Waals surface area contributed by atoms with E-state index < -0.39 is 0 Å². The molecule has 2 N–H and O–H groups in total. The number of nitrogens with one attached hydrogen (secondary N) is 2. The van der Waals surface area contributed by atoms with Crippen LogP contribution >= 0.6 is 0 Å². The summed E-state index contributed by atoms with van der Waals surface area (Å²) >= 11 is 0. The van der Waals surface area contributed by atoms with Crippen LogP contribution in [-0.4, -0.2) is 18.1 Å². The number of fused-ring (bicyclic) bond motifs is 1. The van der Waals surface area contributed by atoms with Crippen molar-refractivity contribution in [2.75, 3.05) is 12.4 Å². The molecule has 1 aromatic carbocycles. The second-order valence-corrected chi connectivity index (χ2v) is 2.74. The number of rotatable bonds is 1. The highest BCUT2D eigenvalue weighted by Crippen LogP contribution is 2.17. The Hall–Kier alpha value is -2.04. The lowest BCUT2D eigenvalue weighted by molar-refractivity contribution is 0.254. The normalized spacial score (nSPS) is 10.1. The molecule has 0 aliphatic rings. The van der Waals surface area contributed by atoms with E-state index in [-0.39, 0.29) is 6.03 Å². The molecule has 0 spiro atoms. The van der Waals surface area contributed by atoms with Crippen LogP contribution in [0.25, 0.3) is 11.1 Å². The Morgan fingerprint density at radius 2 is 2.36 bits per heavy atom. The van der Waals surface area contributed by atoms with Crippen LogP contribution in [0.4, 0.5) is 10.5 Å². The molecule has 1 aromatic heterocycles. The third-order valence-electron chi connectivity index (χ3n) is 1.82. The van der Waals surface area contributed by atoms with Gasteiger partial charge < -0.3 is 15.1 Å². The van der Waals surface area contributed by atoms with Gasteiger partial charge >= 0.3 is 6.03 Å². The van der Waals surface area contributed by atoms with Crippen LogP contribution in [0.1, 0.15) is 0 Å². The second kappa shape index (κ2) is 3.37. The molecule has 0 saturated carbocycles. The predicted octanol–water partition coefficient (Wildman–Crippen LogP) is 1.58. The van der Waals surface area contributed by atoms with Gasteiger partial charge in [0.05, 0.1) is 0 Å². The van der Waals surface area contributed by atoms with Crippen LogP contribution in [0.2, 0.25) is 0 Å². The number of nitrogens with zero attached hydrogens (tertiary/aromatic N) is 1. The summed E-state index contributed by atoms with van der Waals surface area (Å²) in [7, 11) is 1.56. The molecule has 0 radical (unpaired) electrons. The fourth-order valence-electron chi connectivity index (χ4n) is 1.13. The molecule has 0 aliphatic carbocycles. The summed E-state index contributed by atoms with van der Waals surface area (Å²) in [6.07, 6.45) is 1.37. The van der Waals surface area contributed by atoms with E-state index in [0.717, 1.165) is 5.52 Å². The van der Waals surface area contributed by atoms with Crippen molar-refractivity contribution in [3.63, 3.8) is 0 Å². The first kappa shape index (κ1) is 8.55. The van der Waals surface area contributed by atoms with Crippen LogP contribution in [0.15, 0.2) is 29.0 Å². The van der Waals surface area contributed by atoms with E-state index in [4.69, 9.17) is 4.42 Å². The monoisotopic (exact) mass is 191 g/mol. The Balaban J connectivity index is 2.30. The molecule has 14 heavy (non-hydrogen) atoms. The number of amides is 2. The second-order valence-electron chi connectivity index (χ2n) is 2.74. The summed E-state index contributed by atoms with van der Waals surface area (Å²) in [6, 6.07) is 5.01. The zero-order valence-corrected chi connectivity index (χ0v) is 7.57. The van der Waals surface area contributed by atoms with Crippen molar-refractivity contribution in [3.8, 4) is 0 Å². The van der Waals surface area contributed by atoms with Crippen molar-refractivity contribution >= 4 is 22.8 Å². The molecular formula is C9H9N3O2. The molecule has 1 heterocycles. The average Bonchev–Trinajstić information content (AvgIpc) is 2.64. The number of carbonyl (C=O) groups excluding carboxylic acids is 1. The maximum absolute atomic E-state index is 11.0. The number of aromatic nitrogens is 1. The molecule has 5 heteroatoms. The third kappa shape index (κ3) is 1.52. The smallest absolute Gasteiger partial charge is 0.318 e. The maximum atomic E-state index is 11.0. The minimum absolute atomic E-state index is 0.260. The lowest BCUT2D eigenvalue weighted by atomic mass is 10.3. The van der Waals surface area contributed by atoms with E-state index in [2.05, 4.69) is 15.6 Å². The van der Waals surface area contributed by atoms with E-state index in [1.165, 1.54) is 6.39 Å². The first-order valence-corrected chi connectivity index (χ1v) is 4.11. The molecule has 0 bridgehead atoms. The summed E-state index contributed by atoms with van der Waals surface area (Å²) in [5.41, 5.74) is 2.10. The van der Waals surface area contributed by atoms with Crippen molar-refractivity contribution in [1.82, 2.24) is 10.3 Å². The van der Waals surface area contributed by atoms with E-state index in [9.17, 15) is 4.79 Å². The van der Waals surface area contributed by atoms with Gasteiger partial charge in [0.15, 0.2) is 12.0 Å². The van der Waals surface area contributed by atoms with Gasteiger partial charge in [-0.05, 0) is 12.1 Å². The molecular weight excluding hydrogens is 182 g/mol. The molecule has 0 saturated heterocycles. The fourth-order valence-corrected chi connectivity index (χ4v) is 1.13. The van der Waals surface area contributed by atoms with Gasteiger partial charge in [0.2, 0.25) is 0 Å². The fraction of sp³-hybridized carbons (Fsp3) is 0.111. The van der Waals surface area contributed by atoms with E-state index >= 15 is 0 Å². The zero-order chi connectivity index (χ0) is 9.97. The maximum Gasteiger partial charge on any atom is 0.318 e. The lowest BCUT2D eigenvalue weighted by Gasteiger charge is -2.02. The lowest BCUT2D eigenvalue weighted by Crippen LogP contribution is -2.24. The largest absolute Gasteiger partial charge is 0.443 e. The molecule has 0 fully saturated rings. The summed E-state index contributed by atoms with van der Waals surface area (Å²) in [5, 5.41) is 5.09. The molecule has 0 unspecified atom stereocenters. The van der Waals surface area contributed by atoms with Crippen molar-refractivity contribution in [2.24, 2.45) is 0 Å². The Morgan fingerprint density at radius 3 is 3.14 bits per heavy atom. The van der Waals surface area contributed by atoms with Crippen LogP contribution in [-0.2, 0) is 0 Å². The van der Waals surface area contributed by atoms with E-state index in [0.29, 0.717) is 11.3 Å². The van der Waals surface area contributed by atoms with Crippen LogP contribution in [0, 0.1) is 0 Å². The predicted molar refractivity (Wildman–Crippen MR) is 52.1 cm³/mol. The number of anilines is 1. The first-order valence-electron chi connectivity index (χ1n) is 4.11. The van der Waals surface area contributed by atoms with Gasteiger partial charge in [-0.3, -0.25) is 0 Å². The van der Waals surface area contributed by atoms with Crippen molar-refractivity contribution in [3.05, 3.63) is 24.6 Å². The van der Waals surface area contributed by atoms with E-state index in [1.807, 2.05) is 0 Å². The van der Waals surface area contributed by atoms with Crippen molar-refractivity contribution in [2.45, 2.75) is 0 Å². The molecule has 2 rings (SSSR count).